The molecule has 3 rings (SSSR count). The second-order valence-electron chi connectivity index (χ2n) is 7.34. The highest BCUT2D eigenvalue weighted by atomic mass is 16.2. The van der Waals surface area contributed by atoms with Crippen molar-refractivity contribution in [2.75, 3.05) is 7.05 Å². The molecule has 0 saturated carbocycles. The number of amides is 2. The predicted molar refractivity (Wildman–Crippen MR) is 101 cm³/mol. The van der Waals surface area contributed by atoms with Crippen molar-refractivity contribution in [3.8, 4) is 0 Å². The number of hydrogen-bond acceptors (Lipinski definition) is 2. The normalized spacial score (nSPS) is 16.0. The number of carbonyl (C=O) groups is 1. The lowest BCUT2D eigenvalue weighted by Crippen LogP contribution is -2.38. The van der Waals surface area contributed by atoms with E-state index in [2.05, 4.69) is 42.3 Å². The van der Waals surface area contributed by atoms with Crippen molar-refractivity contribution in [1.82, 2.24) is 15.2 Å². The van der Waals surface area contributed by atoms with Gasteiger partial charge in [0.2, 0.25) is 0 Å². The first-order chi connectivity index (χ1) is 11.9. The van der Waals surface area contributed by atoms with Gasteiger partial charge in [-0.1, -0.05) is 38.1 Å². The molecule has 1 aromatic heterocycles. The van der Waals surface area contributed by atoms with Gasteiger partial charge in [0, 0.05) is 13.2 Å². The topological polar surface area (TPSA) is 45.2 Å². The Labute approximate surface area is 150 Å². The van der Waals surface area contributed by atoms with E-state index in [1.165, 1.54) is 16.7 Å². The minimum atomic E-state index is -0.0461. The number of aromatic nitrogens is 1. The number of aryl methyl sites for hydroxylation is 2. The quantitative estimate of drug-likeness (QED) is 0.902. The average Bonchev–Trinajstić information content (AvgIpc) is 2.99. The molecule has 2 amide bonds. The Morgan fingerprint density at radius 3 is 2.80 bits per heavy atom. The molecule has 0 unspecified atom stereocenters. The average molecular weight is 337 g/mol. The first kappa shape index (κ1) is 17.5. The molecule has 0 spiro atoms. The lowest BCUT2D eigenvalue weighted by atomic mass is 9.97. The highest BCUT2D eigenvalue weighted by Gasteiger charge is 2.25. The van der Waals surface area contributed by atoms with E-state index >= 15 is 0 Å². The minimum Gasteiger partial charge on any atom is -0.331 e. The second kappa shape index (κ2) is 7.26. The van der Waals surface area contributed by atoms with Crippen LogP contribution in [0.5, 0.6) is 0 Å². The fraction of sp³-hybridized carbons (Fsp3) is 0.429. The fourth-order valence-corrected chi connectivity index (χ4v) is 3.30. The molecule has 4 heteroatoms. The molecule has 1 aromatic carbocycles. The highest BCUT2D eigenvalue weighted by Crippen LogP contribution is 2.33. The summed E-state index contributed by atoms with van der Waals surface area (Å²) in [5.41, 5.74) is 5.99. The van der Waals surface area contributed by atoms with Gasteiger partial charge in [-0.2, -0.15) is 0 Å². The third-order valence-corrected chi connectivity index (χ3v) is 4.93. The van der Waals surface area contributed by atoms with Gasteiger partial charge in [0.1, 0.15) is 0 Å². The Balaban J connectivity index is 1.66. The van der Waals surface area contributed by atoms with Crippen LogP contribution in [0.2, 0.25) is 0 Å². The summed E-state index contributed by atoms with van der Waals surface area (Å²) in [5.74, 6) is 0.498. The van der Waals surface area contributed by atoms with Gasteiger partial charge in [0.05, 0.1) is 18.3 Å². The van der Waals surface area contributed by atoms with Gasteiger partial charge in [-0.15, -0.1) is 0 Å². The van der Waals surface area contributed by atoms with Crippen LogP contribution in [0.3, 0.4) is 0 Å². The first-order valence-corrected chi connectivity index (χ1v) is 9.00. The molecule has 0 bridgehead atoms. The van der Waals surface area contributed by atoms with Crippen molar-refractivity contribution in [1.29, 1.82) is 0 Å². The molecule has 2 aromatic rings. The van der Waals surface area contributed by atoms with E-state index in [4.69, 9.17) is 0 Å². The molecule has 1 atom stereocenters. The summed E-state index contributed by atoms with van der Waals surface area (Å²) in [6.07, 6.45) is 3.84. The van der Waals surface area contributed by atoms with Crippen molar-refractivity contribution in [3.63, 3.8) is 0 Å². The number of fused-ring (bicyclic) bond motifs is 1. The van der Waals surface area contributed by atoms with Crippen molar-refractivity contribution in [2.45, 2.75) is 52.1 Å². The maximum absolute atomic E-state index is 12.6. The van der Waals surface area contributed by atoms with E-state index in [-0.39, 0.29) is 12.1 Å². The monoisotopic (exact) mass is 337 g/mol. The van der Waals surface area contributed by atoms with Crippen LogP contribution >= 0.6 is 0 Å². The van der Waals surface area contributed by atoms with E-state index in [1.54, 1.807) is 4.90 Å². The Morgan fingerprint density at radius 1 is 1.32 bits per heavy atom. The van der Waals surface area contributed by atoms with Crippen LogP contribution in [0.1, 0.15) is 60.2 Å². The summed E-state index contributed by atoms with van der Waals surface area (Å²) < 4.78 is 0. The number of rotatable bonds is 4. The molecule has 1 heterocycles. The smallest absolute Gasteiger partial charge is 0.317 e. The molecule has 0 aliphatic heterocycles. The Kier molecular flexibility index (Phi) is 5.07. The largest absolute Gasteiger partial charge is 0.331 e. The molecule has 1 N–H and O–H groups in total. The fourth-order valence-electron chi connectivity index (χ4n) is 3.30. The molecule has 132 valence electrons. The molecular weight excluding hydrogens is 310 g/mol. The predicted octanol–water partition coefficient (Wildman–Crippen LogP) is 4.34. The SMILES string of the molecule is Cc1ccc(CN(C)C(=O)N[C@@H]2CCc3ccc(C(C)C)cc32)nc1. The van der Waals surface area contributed by atoms with Gasteiger partial charge in [0.25, 0.3) is 0 Å². The number of carbonyl (C=O) groups excluding carboxylic acids is 1. The van der Waals surface area contributed by atoms with E-state index < -0.39 is 0 Å². The molecular formula is C21H27N3O. The van der Waals surface area contributed by atoms with Gasteiger partial charge in [-0.3, -0.25) is 4.98 Å². The number of hydrogen-bond donors (Lipinski definition) is 1. The zero-order valence-electron chi connectivity index (χ0n) is 15.5. The van der Waals surface area contributed by atoms with Crippen LogP contribution < -0.4 is 5.32 Å². The second-order valence-corrected chi connectivity index (χ2v) is 7.34. The van der Waals surface area contributed by atoms with Crippen molar-refractivity contribution in [2.24, 2.45) is 0 Å². The molecule has 1 aliphatic rings. The summed E-state index contributed by atoms with van der Waals surface area (Å²) in [4.78, 5) is 18.7. The number of nitrogens with one attached hydrogen (secondary N) is 1. The van der Waals surface area contributed by atoms with Gasteiger partial charge in [0.15, 0.2) is 0 Å². The molecule has 25 heavy (non-hydrogen) atoms. The number of urea groups is 1. The van der Waals surface area contributed by atoms with Crippen LogP contribution in [0.4, 0.5) is 4.79 Å². The zero-order chi connectivity index (χ0) is 18.0. The summed E-state index contributed by atoms with van der Waals surface area (Å²) >= 11 is 0. The van der Waals surface area contributed by atoms with Crippen LogP contribution in [0.25, 0.3) is 0 Å². The van der Waals surface area contributed by atoms with Crippen molar-refractivity contribution in [3.05, 3.63) is 64.5 Å². The maximum atomic E-state index is 12.6. The Bertz CT molecular complexity index is 752. The summed E-state index contributed by atoms with van der Waals surface area (Å²) in [5, 5.41) is 3.19. The summed E-state index contributed by atoms with van der Waals surface area (Å²) in [7, 11) is 1.82. The maximum Gasteiger partial charge on any atom is 0.317 e. The van der Waals surface area contributed by atoms with E-state index in [9.17, 15) is 4.79 Å². The lowest BCUT2D eigenvalue weighted by molar-refractivity contribution is 0.202. The third kappa shape index (κ3) is 4.01. The molecule has 0 saturated heterocycles. The number of nitrogens with zero attached hydrogens (tertiary/aromatic N) is 2. The van der Waals surface area contributed by atoms with E-state index in [0.717, 1.165) is 24.1 Å². The summed E-state index contributed by atoms with van der Waals surface area (Å²) in [6, 6.07) is 10.7. The number of benzene rings is 1. The van der Waals surface area contributed by atoms with Crippen molar-refractivity contribution < 1.29 is 4.79 Å². The Hall–Kier alpha value is -2.36. The standard InChI is InChI=1S/C21H27N3O/c1-14(2)17-7-6-16-8-10-20(19(16)11-17)23-21(25)24(4)13-18-9-5-15(3)12-22-18/h5-7,9,11-12,14,20H,8,10,13H2,1-4H3,(H,23,25)/t20-/m1/s1. The lowest BCUT2D eigenvalue weighted by Gasteiger charge is -2.22. The molecule has 4 nitrogen and oxygen atoms in total. The molecule has 1 aliphatic carbocycles. The van der Waals surface area contributed by atoms with Gasteiger partial charge < -0.3 is 10.2 Å². The van der Waals surface area contributed by atoms with E-state index in [0.29, 0.717) is 12.5 Å². The Morgan fingerprint density at radius 2 is 2.12 bits per heavy atom. The van der Waals surface area contributed by atoms with E-state index in [1.807, 2.05) is 32.3 Å². The zero-order valence-corrected chi connectivity index (χ0v) is 15.5. The van der Waals surface area contributed by atoms with Crippen LogP contribution in [0, 0.1) is 6.92 Å². The van der Waals surface area contributed by atoms with Crippen LogP contribution in [0.15, 0.2) is 36.5 Å². The third-order valence-electron chi connectivity index (χ3n) is 4.93. The van der Waals surface area contributed by atoms with Gasteiger partial charge >= 0.3 is 6.03 Å². The number of pyridine rings is 1. The van der Waals surface area contributed by atoms with Gasteiger partial charge in [-0.05, 0) is 54.0 Å². The summed E-state index contributed by atoms with van der Waals surface area (Å²) in [6.45, 7) is 6.92. The highest BCUT2D eigenvalue weighted by molar-refractivity contribution is 5.74. The van der Waals surface area contributed by atoms with Gasteiger partial charge in [-0.25, -0.2) is 4.79 Å². The molecule has 0 radical (unpaired) electrons. The molecule has 0 fully saturated rings. The van der Waals surface area contributed by atoms with Crippen LogP contribution in [-0.4, -0.2) is 23.0 Å². The minimum absolute atomic E-state index is 0.0461. The first-order valence-electron chi connectivity index (χ1n) is 9.00. The van der Waals surface area contributed by atoms with Crippen LogP contribution in [-0.2, 0) is 13.0 Å². The van der Waals surface area contributed by atoms with Crippen molar-refractivity contribution >= 4 is 6.03 Å².